The Kier molecular flexibility index (Phi) is 3.21. The van der Waals surface area contributed by atoms with E-state index in [9.17, 15) is 14.7 Å². The molecule has 4 rings (SSSR count). The van der Waals surface area contributed by atoms with Gasteiger partial charge in [0.1, 0.15) is 6.04 Å². The molecule has 1 aromatic rings. The summed E-state index contributed by atoms with van der Waals surface area (Å²) in [6.45, 7) is 0. The van der Waals surface area contributed by atoms with Crippen molar-refractivity contribution in [1.82, 2.24) is 4.90 Å². The summed E-state index contributed by atoms with van der Waals surface area (Å²) in [5.74, 6) is -0.0820. The Morgan fingerprint density at radius 1 is 1.09 bits per heavy atom. The molecule has 0 unspecified atom stereocenters. The molecule has 116 valence electrons. The van der Waals surface area contributed by atoms with Gasteiger partial charge >= 0.3 is 5.97 Å². The summed E-state index contributed by atoms with van der Waals surface area (Å²) >= 11 is 0. The summed E-state index contributed by atoms with van der Waals surface area (Å²) in [6.07, 6.45) is 4.68. The average molecular weight is 299 g/mol. The number of rotatable bonds is 3. The molecule has 0 radical (unpaired) electrons. The lowest BCUT2D eigenvalue weighted by Gasteiger charge is -2.28. The van der Waals surface area contributed by atoms with E-state index in [4.69, 9.17) is 0 Å². The van der Waals surface area contributed by atoms with Crippen LogP contribution in [0.15, 0.2) is 30.3 Å². The fourth-order valence-electron chi connectivity index (χ4n) is 4.55. The first-order chi connectivity index (χ1) is 10.7. The molecule has 0 bridgehead atoms. The maximum Gasteiger partial charge on any atom is 0.326 e. The third-order valence-electron chi connectivity index (χ3n) is 5.71. The van der Waals surface area contributed by atoms with Crippen LogP contribution in [0.25, 0.3) is 0 Å². The van der Waals surface area contributed by atoms with Crippen molar-refractivity contribution in [2.24, 2.45) is 11.8 Å². The summed E-state index contributed by atoms with van der Waals surface area (Å²) in [5.41, 5.74) is 1.20. The molecule has 1 saturated heterocycles. The summed E-state index contributed by atoms with van der Waals surface area (Å²) in [4.78, 5) is 26.2. The first kappa shape index (κ1) is 13.8. The Hall–Kier alpha value is -1.84. The molecule has 3 fully saturated rings. The summed E-state index contributed by atoms with van der Waals surface area (Å²) < 4.78 is 0. The van der Waals surface area contributed by atoms with E-state index in [2.05, 4.69) is 12.1 Å². The van der Waals surface area contributed by atoms with Gasteiger partial charge in [-0.3, -0.25) is 4.79 Å². The van der Waals surface area contributed by atoms with Gasteiger partial charge in [-0.15, -0.1) is 0 Å². The maximum absolute atomic E-state index is 12.9. The third kappa shape index (κ3) is 2.13. The molecular weight excluding hydrogens is 278 g/mol. The normalized spacial score (nSPS) is 36.2. The monoisotopic (exact) mass is 299 g/mol. The largest absolute Gasteiger partial charge is 0.480 e. The van der Waals surface area contributed by atoms with E-state index in [1.54, 1.807) is 4.90 Å². The fraction of sp³-hybridized carbons (Fsp3) is 0.556. The van der Waals surface area contributed by atoms with Crippen molar-refractivity contribution >= 4 is 11.9 Å². The van der Waals surface area contributed by atoms with E-state index >= 15 is 0 Å². The number of carbonyl (C=O) groups is 2. The first-order valence-electron chi connectivity index (χ1n) is 8.26. The summed E-state index contributed by atoms with van der Waals surface area (Å²) in [6, 6.07) is 9.68. The van der Waals surface area contributed by atoms with E-state index in [1.165, 1.54) is 5.56 Å². The highest BCUT2D eigenvalue weighted by Gasteiger charge is 2.54. The van der Waals surface area contributed by atoms with Crippen LogP contribution in [0.4, 0.5) is 0 Å². The molecule has 0 spiro atoms. The molecular formula is C18H21NO3. The number of nitrogens with zero attached hydrogens (tertiary/aromatic N) is 1. The van der Waals surface area contributed by atoms with Crippen LogP contribution in [-0.2, 0) is 9.59 Å². The first-order valence-corrected chi connectivity index (χ1v) is 8.26. The Labute approximate surface area is 130 Å². The van der Waals surface area contributed by atoms with Crippen LogP contribution in [0.2, 0.25) is 0 Å². The zero-order valence-corrected chi connectivity index (χ0v) is 12.5. The van der Waals surface area contributed by atoms with E-state index < -0.39 is 12.0 Å². The zero-order valence-electron chi connectivity index (χ0n) is 12.5. The number of carbonyl (C=O) groups excluding carboxylic acids is 1. The number of likely N-dealkylation sites (tertiary alicyclic amines) is 1. The molecule has 1 aliphatic heterocycles. The van der Waals surface area contributed by atoms with Crippen LogP contribution in [0.3, 0.4) is 0 Å². The zero-order chi connectivity index (χ0) is 15.3. The number of amides is 1. The number of aliphatic carboxylic acids is 1. The number of hydrogen-bond donors (Lipinski definition) is 1. The van der Waals surface area contributed by atoms with E-state index in [0.29, 0.717) is 12.3 Å². The predicted molar refractivity (Wildman–Crippen MR) is 81.3 cm³/mol. The maximum atomic E-state index is 12.9. The van der Waals surface area contributed by atoms with Crippen LogP contribution in [0.5, 0.6) is 0 Å². The Morgan fingerprint density at radius 2 is 1.86 bits per heavy atom. The average Bonchev–Trinajstić information content (AvgIpc) is 3.05. The van der Waals surface area contributed by atoms with Crippen LogP contribution >= 0.6 is 0 Å². The molecule has 1 heterocycles. The number of fused-ring (bicyclic) bond motifs is 1. The smallest absolute Gasteiger partial charge is 0.326 e. The number of hydrogen-bond acceptors (Lipinski definition) is 2. The quantitative estimate of drug-likeness (QED) is 0.933. The second-order valence-corrected chi connectivity index (χ2v) is 6.95. The van der Waals surface area contributed by atoms with E-state index in [0.717, 1.165) is 25.7 Å². The van der Waals surface area contributed by atoms with Crippen LogP contribution < -0.4 is 0 Å². The van der Waals surface area contributed by atoms with Gasteiger partial charge in [0, 0.05) is 12.0 Å². The van der Waals surface area contributed by atoms with Gasteiger partial charge in [-0.05, 0) is 43.1 Å². The Bertz CT molecular complexity index is 600. The number of carboxylic acid groups (broad SMARTS) is 1. The van der Waals surface area contributed by atoms with E-state index in [1.807, 2.05) is 18.2 Å². The van der Waals surface area contributed by atoms with Gasteiger partial charge in [0.05, 0.1) is 0 Å². The molecule has 0 aromatic heterocycles. The van der Waals surface area contributed by atoms with E-state index in [-0.39, 0.29) is 23.8 Å². The molecule has 3 aliphatic rings. The minimum absolute atomic E-state index is 0.0106. The highest BCUT2D eigenvalue weighted by molar-refractivity contribution is 5.88. The Morgan fingerprint density at radius 3 is 2.59 bits per heavy atom. The SMILES string of the molecule is O=C(O)[C@@H]1C[C@@H]2CCC[C@@H]2N1C(=O)[C@@H]1C[C@H]1c1ccccc1. The molecule has 2 aliphatic carbocycles. The van der Waals surface area contributed by atoms with Gasteiger partial charge in [0.15, 0.2) is 0 Å². The number of carboxylic acids is 1. The topological polar surface area (TPSA) is 57.6 Å². The second-order valence-electron chi connectivity index (χ2n) is 6.95. The minimum Gasteiger partial charge on any atom is -0.480 e. The van der Waals surface area contributed by atoms with Crippen molar-refractivity contribution in [2.45, 2.75) is 50.1 Å². The van der Waals surface area contributed by atoms with Crippen molar-refractivity contribution in [1.29, 1.82) is 0 Å². The molecule has 1 N–H and O–H groups in total. The van der Waals surface area contributed by atoms with Crippen molar-refractivity contribution in [3.05, 3.63) is 35.9 Å². The number of benzene rings is 1. The van der Waals surface area contributed by atoms with Gasteiger partial charge in [-0.2, -0.15) is 0 Å². The molecule has 4 heteroatoms. The van der Waals surface area contributed by atoms with Gasteiger partial charge in [-0.25, -0.2) is 4.79 Å². The lowest BCUT2D eigenvalue weighted by molar-refractivity contribution is -0.150. The lowest BCUT2D eigenvalue weighted by atomic mass is 10.0. The standard InChI is InChI=1S/C18H21NO3/c20-17(14-10-13(14)11-5-2-1-3-6-11)19-15-8-4-7-12(15)9-16(19)18(21)22/h1-3,5-6,12-16H,4,7-10H2,(H,21,22)/t12-,13-,14+,15-,16-/m0/s1. The third-order valence-corrected chi connectivity index (χ3v) is 5.71. The van der Waals surface area contributed by atoms with Crippen LogP contribution in [0.1, 0.15) is 43.6 Å². The molecule has 1 aromatic carbocycles. The van der Waals surface area contributed by atoms with Gasteiger partial charge in [-0.1, -0.05) is 36.8 Å². The molecule has 5 atom stereocenters. The Balaban J connectivity index is 1.53. The van der Waals surface area contributed by atoms with Crippen molar-refractivity contribution in [3.63, 3.8) is 0 Å². The van der Waals surface area contributed by atoms with Crippen molar-refractivity contribution in [3.8, 4) is 0 Å². The minimum atomic E-state index is -0.834. The van der Waals surface area contributed by atoms with Gasteiger partial charge in [0.2, 0.25) is 5.91 Å². The van der Waals surface area contributed by atoms with Crippen LogP contribution in [0, 0.1) is 11.8 Å². The highest BCUT2D eigenvalue weighted by Crippen LogP contribution is 2.51. The molecule has 2 saturated carbocycles. The predicted octanol–water partition coefficient (Wildman–Crippen LogP) is 2.64. The van der Waals surface area contributed by atoms with Gasteiger partial charge < -0.3 is 10.0 Å². The second kappa shape index (κ2) is 5.11. The summed E-state index contributed by atoms with van der Waals surface area (Å²) in [7, 11) is 0. The molecule has 22 heavy (non-hydrogen) atoms. The van der Waals surface area contributed by atoms with Crippen molar-refractivity contribution in [2.75, 3.05) is 0 Å². The molecule has 1 amide bonds. The van der Waals surface area contributed by atoms with Gasteiger partial charge in [0.25, 0.3) is 0 Å². The molecule has 4 nitrogen and oxygen atoms in total. The van der Waals surface area contributed by atoms with Crippen LogP contribution in [-0.4, -0.2) is 34.0 Å². The lowest BCUT2D eigenvalue weighted by Crippen LogP contribution is -2.45. The highest BCUT2D eigenvalue weighted by atomic mass is 16.4. The fourth-order valence-corrected chi connectivity index (χ4v) is 4.55. The summed E-state index contributed by atoms with van der Waals surface area (Å²) in [5, 5.41) is 9.48. The van der Waals surface area contributed by atoms with Crippen molar-refractivity contribution < 1.29 is 14.7 Å².